The Morgan fingerprint density at radius 1 is 1.31 bits per heavy atom. The molecule has 1 aliphatic rings. The number of hydrogen-bond donors (Lipinski definition) is 2. The van der Waals surface area contributed by atoms with Gasteiger partial charge in [-0.25, -0.2) is 18.6 Å². The maximum atomic E-state index is 13.7. The molecule has 2 heterocycles. The van der Waals surface area contributed by atoms with Gasteiger partial charge in [0.25, 0.3) is 6.43 Å². The Bertz CT molecular complexity index is 943. The van der Waals surface area contributed by atoms with Crippen LogP contribution >= 0.6 is 35.3 Å². The van der Waals surface area contributed by atoms with E-state index in [1.807, 2.05) is 30.1 Å². The molecule has 0 unspecified atom stereocenters. The predicted octanol–water partition coefficient (Wildman–Crippen LogP) is 6.40. The average molecular weight is 546 g/mol. The first-order chi connectivity index (χ1) is 16.8. The molecule has 0 bridgehead atoms. The summed E-state index contributed by atoms with van der Waals surface area (Å²) >= 11 is 9.76. The highest BCUT2D eigenvalue weighted by Gasteiger charge is 2.27. The number of rotatable bonds is 10. The predicted molar refractivity (Wildman–Crippen MR) is 145 cm³/mol. The summed E-state index contributed by atoms with van der Waals surface area (Å²) in [5.41, 5.74) is 6.94. The number of thioether (sulfide) groups is 1. The number of benzene rings is 1. The van der Waals surface area contributed by atoms with Crippen LogP contribution in [0.3, 0.4) is 0 Å². The third kappa shape index (κ3) is 9.27. The third-order valence-corrected chi connectivity index (χ3v) is 7.28. The van der Waals surface area contributed by atoms with Crippen molar-refractivity contribution >= 4 is 47.1 Å². The molecule has 35 heavy (non-hydrogen) atoms. The van der Waals surface area contributed by atoms with E-state index < -0.39 is 12.2 Å². The zero-order valence-corrected chi connectivity index (χ0v) is 22.2. The minimum absolute atomic E-state index is 0.132. The molecular formula is C24H31ClF3N5S2. The van der Waals surface area contributed by atoms with Gasteiger partial charge < -0.3 is 5.43 Å². The molecule has 0 saturated carbocycles. The van der Waals surface area contributed by atoms with E-state index in [9.17, 15) is 13.2 Å². The molecule has 0 spiro atoms. The molecule has 1 saturated heterocycles. The Morgan fingerprint density at radius 2 is 2.03 bits per heavy atom. The van der Waals surface area contributed by atoms with Gasteiger partial charge in [0.1, 0.15) is 5.82 Å². The molecule has 1 aromatic carbocycles. The molecule has 0 atom stereocenters. The molecule has 1 aromatic heterocycles. The monoisotopic (exact) mass is 545 g/mol. The van der Waals surface area contributed by atoms with E-state index in [-0.39, 0.29) is 10.7 Å². The summed E-state index contributed by atoms with van der Waals surface area (Å²) in [5.74, 6) is 1.91. The van der Waals surface area contributed by atoms with E-state index in [1.54, 1.807) is 30.2 Å². The quantitative estimate of drug-likeness (QED) is 0.264. The van der Waals surface area contributed by atoms with Crippen LogP contribution in [0.5, 0.6) is 0 Å². The lowest BCUT2D eigenvalue weighted by atomic mass is 10.2. The maximum Gasteiger partial charge on any atom is 0.278 e. The highest BCUT2D eigenvalue weighted by atomic mass is 35.5. The fourth-order valence-electron chi connectivity index (χ4n) is 3.29. The molecule has 0 radical (unpaired) electrons. The van der Waals surface area contributed by atoms with Crippen molar-refractivity contribution in [3.05, 3.63) is 77.5 Å². The van der Waals surface area contributed by atoms with Gasteiger partial charge in [-0.15, -0.1) is 0 Å². The van der Waals surface area contributed by atoms with E-state index >= 15 is 0 Å². The number of alkyl halides is 2. The number of halogens is 4. The van der Waals surface area contributed by atoms with Crippen molar-refractivity contribution < 1.29 is 13.2 Å². The van der Waals surface area contributed by atoms with Crippen LogP contribution in [0.2, 0.25) is 5.02 Å². The number of allylic oxidation sites excluding steroid dienone is 1. The van der Waals surface area contributed by atoms with E-state index in [2.05, 4.69) is 44.7 Å². The fourth-order valence-corrected chi connectivity index (χ4v) is 5.40. The molecule has 192 valence electrons. The highest BCUT2D eigenvalue weighted by Crippen LogP contribution is 2.33. The topological polar surface area (TPSA) is 43.4 Å². The Hall–Kier alpha value is -1.85. The Balaban J connectivity index is 0.000000466. The summed E-state index contributed by atoms with van der Waals surface area (Å²) in [4.78, 5) is 4.56. The van der Waals surface area contributed by atoms with Crippen LogP contribution in [0.25, 0.3) is 6.08 Å². The second kappa shape index (κ2) is 15.3. The second-order valence-electron chi connectivity index (χ2n) is 7.47. The van der Waals surface area contributed by atoms with Crippen molar-refractivity contribution in [2.24, 2.45) is 0 Å². The lowest BCUT2D eigenvalue weighted by Gasteiger charge is -2.41. The highest BCUT2D eigenvalue weighted by molar-refractivity contribution is 7.99. The lowest BCUT2D eigenvalue weighted by molar-refractivity contribution is 0.178. The van der Waals surface area contributed by atoms with Gasteiger partial charge in [0.15, 0.2) is 0 Å². The summed E-state index contributed by atoms with van der Waals surface area (Å²) < 4.78 is 38.8. The average Bonchev–Trinajstić information content (AvgIpc) is 2.87. The number of anilines is 1. The van der Waals surface area contributed by atoms with Crippen molar-refractivity contribution in [1.29, 1.82) is 0 Å². The van der Waals surface area contributed by atoms with Gasteiger partial charge in [-0.05, 0) is 60.4 Å². The van der Waals surface area contributed by atoms with Crippen molar-refractivity contribution in [2.45, 2.75) is 31.9 Å². The smallest absolute Gasteiger partial charge is 0.278 e. The molecule has 11 heteroatoms. The SMILES string of the molecule is C=C(NNC)C(F)F.C=Cc1ccc(CN(c2ccc(F)c(Cl)c2)N(SC)C2CCSCC2)nc1. The largest absolute Gasteiger partial charge is 0.321 e. The Labute approximate surface area is 219 Å². The summed E-state index contributed by atoms with van der Waals surface area (Å²) in [6.07, 6.45) is 5.43. The molecule has 1 fully saturated rings. The van der Waals surface area contributed by atoms with Crippen LogP contribution in [0.15, 0.2) is 55.4 Å². The first-order valence-corrected chi connectivity index (χ1v) is 13.6. The summed E-state index contributed by atoms with van der Waals surface area (Å²) in [6, 6.07) is 9.33. The van der Waals surface area contributed by atoms with Crippen molar-refractivity contribution in [3.8, 4) is 0 Å². The third-order valence-electron chi connectivity index (χ3n) is 5.07. The van der Waals surface area contributed by atoms with Crippen molar-refractivity contribution in [3.63, 3.8) is 0 Å². The van der Waals surface area contributed by atoms with Gasteiger partial charge in [-0.2, -0.15) is 16.2 Å². The second-order valence-corrected chi connectivity index (χ2v) is 9.84. The van der Waals surface area contributed by atoms with Crippen LogP contribution in [0.4, 0.5) is 18.9 Å². The lowest BCUT2D eigenvalue weighted by Crippen LogP contribution is -2.45. The van der Waals surface area contributed by atoms with E-state index in [0.717, 1.165) is 41.3 Å². The standard InChI is InChI=1S/C20H23ClFN3S2.C4H8F2N2/c1-3-15-4-5-16(23-13-15)14-24(18-6-7-20(22)19(21)12-18)25(26-2)17-8-10-27-11-9-17;1-3(4(5)6)8-7-2/h3-7,12-13,17H,1,8-11,14H2,2H3;4,7-8H,1H2,2H3. The summed E-state index contributed by atoms with van der Waals surface area (Å²) in [5, 5.41) is 2.29. The van der Waals surface area contributed by atoms with E-state index in [4.69, 9.17) is 11.6 Å². The maximum absolute atomic E-state index is 13.7. The van der Waals surface area contributed by atoms with E-state index in [0.29, 0.717) is 12.6 Å². The fraction of sp³-hybridized carbons (Fsp3) is 0.375. The molecule has 0 amide bonds. The minimum Gasteiger partial charge on any atom is -0.321 e. The normalized spacial score (nSPS) is 13.8. The number of hydrazine groups is 2. The van der Waals surface area contributed by atoms with Crippen LogP contribution in [0, 0.1) is 5.82 Å². The Morgan fingerprint density at radius 3 is 2.51 bits per heavy atom. The van der Waals surface area contributed by atoms with Crippen LogP contribution in [-0.4, -0.2) is 46.7 Å². The number of aromatic nitrogens is 1. The van der Waals surface area contributed by atoms with Crippen LogP contribution in [-0.2, 0) is 6.54 Å². The Kier molecular flexibility index (Phi) is 12.8. The number of pyridine rings is 1. The number of nitrogens with zero attached hydrogens (tertiary/aromatic N) is 3. The van der Waals surface area contributed by atoms with Crippen molar-refractivity contribution in [1.82, 2.24) is 20.2 Å². The number of nitrogens with one attached hydrogen (secondary N) is 2. The molecule has 2 aromatic rings. The molecule has 2 N–H and O–H groups in total. The minimum atomic E-state index is -2.50. The zero-order valence-electron chi connectivity index (χ0n) is 19.8. The van der Waals surface area contributed by atoms with Gasteiger partial charge in [-0.3, -0.25) is 9.99 Å². The first kappa shape index (κ1) is 29.4. The molecule has 1 aliphatic heterocycles. The van der Waals surface area contributed by atoms with E-state index in [1.165, 1.54) is 13.1 Å². The molecular weight excluding hydrogens is 515 g/mol. The van der Waals surface area contributed by atoms with Crippen LogP contribution in [0.1, 0.15) is 24.1 Å². The summed E-state index contributed by atoms with van der Waals surface area (Å²) in [6.45, 7) is 7.38. The molecule has 5 nitrogen and oxygen atoms in total. The zero-order chi connectivity index (χ0) is 25.8. The van der Waals surface area contributed by atoms with Crippen LogP contribution < -0.4 is 15.9 Å². The molecule has 3 rings (SSSR count). The van der Waals surface area contributed by atoms with Gasteiger partial charge in [0.05, 0.1) is 28.6 Å². The van der Waals surface area contributed by atoms with Gasteiger partial charge in [-0.1, -0.05) is 48.8 Å². The summed E-state index contributed by atoms with van der Waals surface area (Å²) in [7, 11) is 1.49. The van der Waals surface area contributed by atoms with Gasteiger partial charge in [0.2, 0.25) is 0 Å². The first-order valence-electron chi connectivity index (χ1n) is 10.9. The molecule has 0 aliphatic carbocycles. The number of hydrogen-bond acceptors (Lipinski definition) is 7. The van der Waals surface area contributed by atoms with Gasteiger partial charge >= 0.3 is 0 Å². The van der Waals surface area contributed by atoms with Crippen molar-refractivity contribution in [2.75, 3.05) is 29.8 Å². The van der Waals surface area contributed by atoms with Gasteiger partial charge in [0, 0.05) is 19.3 Å².